The zero-order chi connectivity index (χ0) is 22.5. The molecular weight excluding hydrogens is 407 g/mol. The van der Waals surface area contributed by atoms with Crippen LogP contribution in [0, 0.1) is 5.82 Å². The minimum absolute atomic E-state index is 0.284. The fourth-order valence-electron chi connectivity index (χ4n) is 3.58. The number of nitrogens with zero attached hydrogens (tertiary/aromatic N) is 1. The number of nitrogens with one attached hydrogen (secondary N) is 3. The SMILES string of the molecule is COc1ccc(C[C@@H](NC(=O)N[C@H](C)c2ccc(F)cc2)c2nc3ccccc3[nH]2)cc1. The lowest BCUT2D eigenvalue weighted by molar-refractivity contribution is 0.233. The Labute approximate surface area is 185 Å². The number of aromatic nitrogens is 2. The lowest BCUT2D eigenvalue weighted by atomic mass is 10.1. The summed E-state index contributed by atoms with van der Waals surface area (Å²) in [4.78, 5) is 20.8. The summed E-state index contributed by atoms with van der Waals surface area (Å²) >= 11 is 0. The third-order valence-electron chi connectivity index (χ3n) is 5.36. The van der Waals surface area contributed by atoms with Gasteiger partial charge in [-0.25, -0.2) is 14.2 Å². The molecule has 0 saturated heterocycles. The van der Waals surface area contributed by atoms with Crippen molar-refractivity contribution in [2.75, 3.05) is 7.11 Å². The van der Waals surface area contributed by atoms with Gasteiger partial charge in [-0.15, -0.1) is 0 Å². The molecule has 0 saturated carbocycles. The lowest BCUT2D eigenvalue weighted by Crippen LogP contribution is -2.40. The maximum atomic E-state index is 13.2. The molecule has 32 heavy (non-hydrogen) atoms. The predicted octanol–water partition coefficient (Wildman–Crippen LogP) is 5.05. The third-order valence-corrected chi connectivity index (χ3v) is 5.36. The van der Waals surface area contributed by atoms with Crippen LogP contribution >= 0.6 is 0 Å². The highest BCUT2D eigenvalue weighted by atomic mass is 19.1. The molecule has 164 valence electrons. The van der Waals surface area contributed by atoms with E-state index in [2.05, 4.69) is 20.6 Å². The first-order valence-corrected chi connectivity index (χ1v) is 10.4. The third kappa shape index (κ3) is 5.06. The van der Waals surface area contributed by atoms with E-state index in [9.17, 15) is 9.18 Å². The van der Waals surface area contributed by atoms with Crippen molar-refractivity contribution in [3.05, 3.63) is 95.6 Å². The molecule has 0 fully saturated rings. The number of H-pyrrole nitrogens is 1. The number of hydrogen-bond acceptors (Lipinski definition) is 3. The Balaban J connectivity index is 1.53. The predicted molar refractivity (Wildman–Crippen MR) is 122 cm³/mol. The molecule has 3 aromatic carbocycles. The average molecular weight is 432 g/mol. The molecule has 0 spiro atoms. The van der Waals surface area contributed by atoms with E-state index in [0.717, 1.165) is 27.9 Å². The van der Waals surface area contributed by atoms with Crippen molar-refractivity contribution in [2.24, 2.45) is 0 Å². The van der Waals surface area contributed by atoms with Gasteiger partial charge in [0.1, 0.15) is 17.4 Å². The highest BCUT2D eigenvalue weighted by Gasteiger charge is 2.20. The second-order valence-corrected chi connectivity index (χ2v) is 7.64. The van der Waals surface area contributed by atoms with Gasteiger partial charge >= 0.3 is 6.03 Å². The van der Waals surface area contributed by atoms with Crippen LogP contribution in [0.25, 0.3) is 11.0 Å². The van der Waals surface area contributed by atoms with Gasteiger partial charge in [-0.1, -0.05) is 36.4 Å². The summed E-state index contributed by atoms with van der Waals surface area (Å²) < 4.78 is 18.4. The van der Waals surface area contributed by atoms with Crippen molar-refractivity contribution in [3.63, 3.8) is 0 Å². The second-order valence-electron chi connectivity index (χ2n) is 7.64. The summed E-state index contributed by atoms with van der Waals surface area (Å²) in [6.45, 7) is 1.85. The van der Waals surface area contributed by atoms with Gasteiger partial charge in [-0.2, -0.15) is 0 Å². The van der Waals surface area contributed by atoms with Gasteiger partial charge in [0.05, 0.1) is 30.2 Å². The molecule has 3 N–H and O–H groups in total. The number of benzene rings is 3. The number of aromatic amines is 1. The minimum Gasteiger partial charge on any atom is -0.497 e. The Kier molecular flexibility index (Phi) is 6.35. The van der Waals surface area contributed by atoms with Crippen LogP contribution in [0.4, 0.5) is 9.18 Å². The van der Waals surface area contributed by atoms with Crippen molar-refractivity contribution < 1.29 is 13.9 Å². The van der Waals surface area contributed by atoms with Gasteiger partial charge in [0.2, 0.25) is 0 Å². The number of carbonyl (C=O) groups is 1. The number of imidazole rings is 1. The Bertz CT molecular complexity index is 1160. The van der Waals surface area contributed by atoms with E-state index in [4.69, 9.17) is 4.74 Å². The summed E-state index contributed by atoms with van der Waals surface area (Å²) in [6.07, 6.45) is 0.544. The van der Waals surface area contributed by atoms with E-state index >= 15 is 0 Å². The molecule has 0 unspecified atom stereocenters. The molecule has 0 bridgehead atoms. The van der Waals surface area contributed by atoms with Crippen LogP contribution in [0.2, 0.25) is 0 Å². The lowest BCUT2D eigenvalue weighted by Gasteiger charge is -2.20. The quantitative estimate of drug-likeness (QED) is 0.382. The monoisotopic (exact) mass is 432 g/mol. The van der Waals surface area contributed by atoms with Crippen LogP contribution in [0.3, 0.4) is 0 Å². The van der Waals surface area contributed by atoms with Crippen LogP contribution in [-0.2, 0) is 6.42 Å². The Hall–Kier alpha value is -3.87. The van der Waals surface area contributed by atoms with Crippen LogP contribution < -0.4 is 15.4 Å². The number of halogens is 1. The molecular formula is C25H25FN4O2. The summed E-state index contributed by atoms with van der Waals surface area (Å²) in [5, 5.41) is 5.95. The van der Waals surface area contributed by atoms with Gasteiger partial charge in [-0.3, -0.25) is 0 Å². The minimum atomic E-state index is -0.379. The standard InChI is InChI=1S/C25H25FN4O2/c1-16(18-9-11-19(26)12-10-18)27-25(31)30-23(15-17-7-13-20(32-2)14-8-17)24-28-21-5-3-4-6-22(21)29-24/h3-14,16,23H,15H2,1-2H3,(H,28,29)(H2,27,30,31)/t16-,23-/m1/s1. The molecule has 1 aromatic heterocycles. The van der Waals surface area contributed by atoms with Crippen LogP contribution in [-0.4, -0.2) is 23.1 Å². The van der Waals surface area contributed by atoms with Crippen molar-refractivity contribution >= 4 is 17.1 Å². The largest absolute Gasteiger partial charge is 0.497 e. The fraction of sp³-hybridized carbons (Fsp3) is 0.200. The first-order valence-electron chi connectivity index (χ1n) is 10.4. The maximum absolute atomic E-state index is 13.2. The zero-order valence-corrected chi connectivity index (χ0v) is 17.9. The topological polar surface area (TPSA) is 79.0 Å². The Morgan fingerprint density at radius 1 is 1.03 bits per heavy atom. The van der Waals surface area contributed by atoms with E-state index in [1.807, 2.05) is 55.5 Å². The van der Waals surface area contributed by atoms with Crippen LogP contribution in [0.15, 0.2) is 72.8 Å². The van der Waals surface area contributed by atoms with Crippen LogP contribution in [0.1, 0.15) is 36.0 Å². The molecule has 0 radical (unpaired) electrons. The first kappa shape index (κ1) is 21.4. The van der Waals surface area contributed by atoms with Gasteiger partial charge in [0, 0.05) is 0 Å². The normalized spacial score (nSPS) is 12.8. The molecule has 4 aromatic rings. The summed E-state index contributed by atoms with van der Waals surface area (Å²) in [5.74, 6) is 1.13. The van der Waals surface area contributed by atoms with E-state index in [1.165, 1.54) is 12.1 Å². The summed E-state index contributed by atoms with van der Waals surface area (Å²) in [5.41, 5.74) is 3.59. The van der Waals surface area contributed by atoms with Gasteiger partial charge < -0.3 is 20.4 Å². The van der Waals surface area contributed by atoms with E-state index in [-0.39, 0.29) is 23.9 Å². The smallest absolute Gasteiger partial charge is 0.315 e. The Morgan fingerprint density at radius 2 is 1.75 bits per heavy atom. The number of rotatable bonds is 7. The molecule has 4 rings (SSSR count). The molecule has 0 aliphatic carbocycles. The fourth-order valence-corrected chi connectivity index (χ4v) is 3.58. The van der Waals surface area contributed by atoms with Crippen molar-refractivity contribution in [3.8, 4) is 5.75 Å². The van der Waals surface area contributed by atoms with Gasteiger partial charge in [0.25, 0.3) is 0 Å². The molecule has 1 heterocycles. The summed E-state index contributed by atoms with van der Waals surface area (Å²) in [6, 6.07) is 20.5. The molecule has 0 aliphatic heterocycles. The first-order chi connectivity index (χ1) is 15.5. The number of para-hydroxylation sites is 2. The number of methoxy groups -OCH3 is 1. The number of amides is 2. The molecule has 7 heteroatoms. The maximum Gasteiger partial charge on any atom is 0.315 e. The zero-order valence-electron chi connectivity index (χ0n) is 17.9. The molecule has 0 aliphatic rings. The van der Waals surface area contributed by atoms with E-state index < -0.39 is 0 Å². The van der Waals surface area contributed by atoms with Gasteiger partial charge in [0.15, 0.2) is 0 Å². The van der Waals surface area contributed by atoms with Crippen molar-refractivity contribution in [1.82, 2.24) is 20.6 Å². The highest BCUT2D eigenvalue weighted by molar-refractivity contribution is 5.76. The number of ether oxygens (including phenoxy) is 1. The number of carbonyl (C=O) groups excluding carboxylic acids is 1. The Morgan fingerprint density at radius 3 is 2.44 bits per heavy atom. The molecule has 2 amide bonds. The molecule has 2 atom stereocenters. The highest BCUT2D eigenvalue weighted by Crippen LogP contribution is 2.22. The van der Waals surface area contributed by atoms with Crippen LogP contribution in [0.5, 0.6) is 5.75 Å². The van der Waals surface area contributed by atoms with Gasteiger partial charge in [-0.05, 0) is 60.9 Å². The molecule has 6 nitrogen and oxygen atoms in total. The number of urea groups is 1. The van der Waals surface area contributed by atoms with E-state index in [0.29, 0.717) is 12.2 Å². The number of fused-ring (bicyclic) bond motifs is 1. The second kappa shape index (κ2) is 9.51. The number of hydrogen-bond donors (Lipinski definition) is 3. The van der Waals surface area contributed by atoms with Crippen molar-refractivity contribution in [1.29, 1.82) is 0 Å². The summed E-state index contributed by atoms with van der Waals surface area (Å²) in [7, 11) is 1.63. The average Bonchev–Trinajstić information content (AvgIpc) is 3.24. The van der Waals surface area contributed by atoms with E-state index in [1.54, 1.807) is 19.2 Å². The van der Waals surface area contributed by atoms with Crippen molar-refractivity contribution in [2.45, 2.75) is 25.4 Å².